The maximum absolute atomic E-state index is 5.61. The Morgan fingerprint density at radius 2 is 2.17 bits per heavy atom. The predicted octanol–water partition coefficient (Wildman–Crippen LogP) is 2.57. The number of methoxy groups -OCH3 is 1. The van der Waals surface area contributed by atoms with Crippen molar-refractivity contribution >= 4 is 11.8 Å². The number of aromatic nitrogens is 1. The molecular formula is C22H37N5O2. The lowest BCUT2D eigenvalue weighted by Gasteiger charge is -2.32. The number of pyridine rings is 1. The van der Waals surface area contributed by atoms with Crippen LogP contribution < -0.4 is 15.5 Å². The summed E-state index contributed by atoms with van der Waals surface area (Å²) in [5.74, 6) is 1.87. The molecule has 0 radical (unpaired) electrons. The van der Waals surface area contributed by atoms with E-state index in [1.807, 2.05) is 13.2 Å². The molecule has 0 spiro atoms. The Morgan fingerprint density at radius 3 is 2.83 bits per heavy atom. The number of morpholine rings is 1. The minimum Gasteiger partial charge on any atom is -0.385 e. The van der Waals surface area contributed by atoms with Crippen LogP contribution in [0.25, 0.3) is 0 Å². The topological polar surface area (TPSA) is 71.0 Å². The van der Waals surface area contributed by atoms with Crippen molar-refractivity contribution in [1.29, 1.82) is 0 Å². The fourth-order valence-electron chi connectivity index (χ4n) is 4.37. The fraction of sp³-hybridized carbons (Fsp3) is 0.727. The molecule has 2 N–H and O–H groups in total. The van der Waals surface area contributed by atoms with Crippen molar-refractivity contribution in [2.75, 3.05) is 51.9 Å². The van der Waals surface area contributed by atoms with Gasteiger partial charge in [-0.2, -0.15) is 0 Å². The largest absolute Gasteiger partial charge is 0.385 e. The molecule has 1 saturated carbocycles. The van der Waals surface area contributed by atoms with Gasteiger partial charge in [0.25, 0.3) is 0 Å². The first-order valence-electron chi connectivity index (χ1n) is 10.9. The number of rotatable bonds is 8. The van der Waals surface area contributed by atoms with Gasteiger partial charge in [0.05, 0.1) is 12.7 Å². The number of hydrogen-bond acceptors (Lipinski definition) is 5. The summed E-state index contributed by atoms with van der Waals surface area (Å²) in [4.78, 5) is 11.3. The van der Waals surface area contributed by atoms with Gasteiger partial charge in [0.15, 0.2) is 5.96 Å². The summed E-state index contributed by atoms with van der Waals surface area (Å²) >= 11 is 0. The normalized spacial score (nSPS) is 22.0. The van der Waals surface area contributed by atoms with Crippen LogP contribution in [0.3, 0.4) is 0 Å². The van der Waals surface area contributed by atoms with Crippen LogP contribution in [0.1, 0.15) is 44.6 Å². The Kier molecular flexibility index (Phi) is 8.12. The second kappa shape index (κ2) is 10.8. The monoisotopic (exact) mass is 403 g/mol. The first-order chi connectivity index (χ1) is 14.1. The van der Waals surface area contributed by atoms with E-state index in [2.05, 4.69) is 44.6 Å². The number of nitrogens with zero attached hydrogens (tertiary/aromatic N) is 3. The van der Waals surface area contributed by atoms with Gasteiger partial charge in [0.2, 0.25) is 0 Å². The highest BCUT2D eigenvalue weighted by molar-refractivity contribution is 5.79. The highest BCUT2D eigenvalue weighted by Gasteiger charge is 2.33. The number of ether oxygens (including phenoxy) is 2. The molecular weight excluding hydrogens is 366 g/mol. The minimum absolute atomic E-state index is 0.258. The number of nitrogens with one attached hydrogen (secondary N) is 2. The summed E-state index contributed by atoms with van der Waals surface area (Å²) in [6, 6.07) is 4.24. The average Bonchev–Trinajstić information content (AvgIpc) is 3.22. The highest BCUT2D eigenvalue weighted by atomic mass is 16.5. The van der Waals surface area contributed by atoms with E-state index in [9.17, 15) is 0 Å². The molecule has 1 unspecified atom stereocenters. The van der Waals surface area contributed by atoms with Gasteiger partial charge in [-0.15, -0.1) is 0 Å². The molecule has 2 aliphatic rings. The van der Waals surface area contributed by atoms with Crippen LogP contribution in [-0.4, -0.2) is 64.1 Å². The molecule has 0 bridgehead atoms. The number of hydrogen-bond donors (Lipinski definition) is 2. The van der Waals surface area contributed by atoms with Crippen LogP contribution in [0.4, 0.5) is 5.82 Å². The molecule has 7 nitrogen and oxygen atoms in total. The molecule has 1 aromatic rings. The Balaban J connectivity index is 1.47. The molecule has 3 rings (SSSR count). The van der Waals surface area contributed by atoms with Crippen molar-refractivity contribution < 1.29 is 9.47 Å². The number of anilines is 1. The maximum atomic E-state index is 5.61. The van der Waals surface area contributed by atoms with Crippen molar-refractivity contribution in [2.24, 2.45) is 10.4 Å². The van der Waals surface area contributed by atoms with Crippen molar-refractivity contribution in [3.63, 3.8) is 0 Å². The molecule has 1 saturated heterocycles. The average molecular weight is 404 g/mol. The summed E-state index contributed by atoms with van der Waals surface area (Å²) < 4.78 is 10.9. The summed E-state index contributed by atoms with van der Waals surface area (Å²) in [5.41, 5.74) is 1.49. The molecule has 0 amide bonds. The molecule has 7 heteroatoms. The minimum atomic E-state index is 0.258. The summed E-state index contributed by atoms with van der Waals surface area (Å²) in [6.07, 6.45) is 8.49. The highest BCUT2D eigenvalue weighted by Crippen LogP contribution is 2.40. The number of guanidine groups is 1. The lowest BCUT2D eigenvalue weighted by Crippen LogP contribution is -2.43. The first-order valence-corrected chi connectivity index (χ1v) is 10.9. The maximum Gasteiger partial charge on any atom is 0.191 e. The summed E-state index contributed by atoms with van der Waals surface area (Å²) in [7, 11) is 3.61. The van der Waals surface area contributed by atoms with Crippen LogP contribution in [0.5, 0.6) is 0 Å². The lowest BCUT2D eigenvalue weighted by molar-refractivity contribution is 0.0529. The van der Waals surface area contributed by atoms with E-state index in [-0.39, 0.29) is 6.10 Å². The molecule has 0 aromatic carbocycles. The third kappa shape index (κ3) is 6.31. The van der Waals surface area contributed by atoms with Crippen molar-refractivity contribution in [1.82, 2.24) is 15.6 Å². The van der Waals surface area contributed by atoms with Gasteiger partial charge in [-0.3, -0.25) is 4.99 Å². The molecule has 162 valence electrons. The van der Waals surface area contributed by atoms with Gasteiger partial charge in [-0.05, 0) is 43.2 Å². The van der Waals surface area contributed by atoms with Gasteiger partial charge in [0, 0.05) is 53.1 Å². The van der Waals surface area contributed by atoms with E-state index in [0.717, 1.165) is 56.6 Å². The van der Waals surface area contributed by atoms with Gasteiger partial charge >= 0.3 is 0 Å². The van der Waals surface area contributed by atoms with E-state index in [4.69, 9.17) is 9.47 Å². The lowest BCUT2D eigenvalue weighted by atomic mass is 9.83. The van der Waals surface area contributed by atoms with Crippen molar-refractivity contribution in [3.8, 4) is 0 Å². The van der Waals surface area contributed by atoms with Gasteiger partial charge in [-0.1, -0.05) is 18.9 Å². The van der Waals surface area contributed by atoms with Crippen LogP contribution in [-0.2, 0) is 16.0 Å². The van der Waals surface area contributed by atoms with Crippen molar-refractivity contribution in [3.05, 3.63) is 23.9 Å². The number of aliphatic imine (C=N–C) groups is 1. The first kappa shape index (κ1) is 21.8. The van der Waals surface area contributed by atoms with Gasteiger partial charge in [-0.25, -0.2) is 4.98 Å². The molecule has 2 fully saturated rings. The molecule has 1 atom stereocenters. The molecule has 29 heavy (non-hydrogen) atoms. The standard InChI is InChI=1S/C22H37N5O2/c1-18-16-27(11-13-29-18)20-7-6-19(14-24-20)15-25-21(23-2)26-17-22(10-12-28-3)8-4-5-9-22/h6-7,14,18H,4-5,8-13,15-17H2,1-3H3,(H2,23,25,26). The van der Waals surface area contributed by atoms with E-state index >= 15 is 0 Å². The van der Waals surface area contributed by atoms with Crippen LogP contribution >= 0.6 is 0 Å². The zero-order chi connectivity index (χ0) is 20.5. The quantitative estimate of drug-likeness (QED) is 0.514. The summed E-state index contributed by atoms with van der Waals surface area (Å²) in [5, 5.41) is 6.96. The molecule has 1 aromatic heterocycles. The van der Waals surface area contributed by atoms with E-state index in [1.54, 1.807) is 7.11 Å². The Hall–Kier alpha value is -1.86. The zero-order valence-corrected chi connectivity index (χ0v) is 18.2. The molecule has 1 aliphatic heterocycles. The smallest absolute Gasteiger partial charge is 0.191 e. The Bertz CT molecular complexity index is 643. The SMILES string of the molecule is CN=C(NCc1ccc(N2CCOC(C)C2)nc1)NCC1(CCOC)CCCC1. The Morgan fingerprint density at radius 1 is 1.34 bits per heavy atom. The third-order valence-electron chi connectivity index (χ3n) is 6.19. The van der Waals surface area contributed by atoms with Crippen LogP contribution in [0, 0.1) is 5.41 Å². The van der Waals surface area contributed by atoms with Gasteiger partial charge < -0.3 is 25.0 Å². The second-order valence-corrected chi connectivity index (χ2v) is 8.38. The fourth-order valence-corrected chi connectivity index (χ4v) is 4.37. The van der Waals surface area contributed by atoms with E-state index < -0.39 is 0 Å². The van der Waals surface area contributed by atoms with E-state index in [0.29, 0.717) is 12.0 Å². The van der Waals surface area contributed by atoms with E-state index in [1.165, 1.54) is 25.7 Å². The third-order valence-corrected chi connectivity index (χ3v) is 6.19. The van der Waals surface area contributed by atoms with Gasteiger partial charge in [0.1, 0.15) is 5.82 Å². The Labute approximate surface area is 175 Å². The van der Waals surface area contributed by atoms with Crippen molar-refractivity contribution in [2.45, 2.75) is 51.7 Å². The van der Waals surface area contributed by atoms with Crippen LogP contribution in [0.15, 0.2) is 23.3 Å². The second-order valence-electron chi connectivity index (χ2n) is 8.38. The predicted molar refractivity (Wildman–Crippen MR) is 117 cm³/mol. The molecule has 2 heterocycles. The molecule has 1 aliphatic carbocycles. The van der Waals surface area contributed by atoms with Crippen LogP contribution in [0.2, 0.25) is 0 Å². The summed E-state index contributed by atoms with van der Waals surface area (Å²) in [6.45, 7) is 7.14. The zero-order valence-electron chi connectivity index (χ0n) is 18.2.